The van der Waals surface area contributed by atoms with Gasteiger partial charge in [0.1, 0.15) is 5.82 Å². The van der Waals surface area contributed by atoms with E-state index in [9.17, 15) is 0 Å². The lowest BCUT2D eigenvalue weighted by molar-refractivity contribution is 0.461. The second kappa shape index (κ2) is 10.2. The van der Waals surface area contributed by atoms with Gasteiger partial charge in [-0.15, -0.1) is 16.6 Å². The molecule has 7 heteroatoms. The van der Waals surface area contributed by atoms with Gasteiger partial charge in [-0.3, -0.25) is 4.99 Å². The second-order valence-corrected chi connectivity index (χ2v) is 6.61. The SMILES string of the molecule is C#CCNC(=NCCCc1nnc(SC)n1C1CCCC1)NCC. The van der Waals surface area contributed by atoms with Crippen molar-refractivity contribution in [2.24, 2.45) is 4.99 Å². The van der Waals surface area contributed by atoms with Crippen LogP contribution in [-0.2, 0) is 6.42 Å². The van der Waals surface area contributed by atoms with Gasteiger partial charge in [-0.25, -0.2) is 0 Å². The molecule has 2 N–H and O–H groups in total. The van der Waals surface area contributed by atoms with Crippen LogP contribution in [0.15, 0.2) is 10.1 Å². The summed E-state index contributed by atoms with van der Waals surface area (Å²) in [5.41, 5.74) is 0. The number of hydrogen-bond acceptors (Lipinski definition) is 4. The highest BCUT2D eigenvalue weighted by molar-refractivity contribution is 7.98. The molecule has 6 nitrogen and oxygen atoms in total. The molecule has 0 aliphatic heterocycles. The fraction of sp³-hybridized carbons (Fsp3) is 0.706. The summed E-state index contributed by atoms with van der Waals surface area (Å²) >= 11 is 1.69. The highest BCUT2D eigenvalue weighted by Gasteiger charge is 2.23. The summed E-state index contributed by atoms with van der Waals surface area (Å²) in [5, 5.41) is 16.1. The van der Waals surface area contributed by atoms with Crippen LogP contribution in [0.25, 0.3) is 0 Å². The van der Waals surface area contributed by atoms with E-state index in [0.717, 1.165) is 42.9 Å². The van der Waals surface area contributed by atoms with Crippen molar-refractivity contribution >= 4 is 17.7 Å². The fourth-order valence-corrected chi connectivity index (χ4v) is 3.62. The smallest absolute Gasteiger partial charge is 0.192 e. The molecule has 1 aliphatic carbocycles. The number of aromatic nitrogens is 3. The molecule has 0 saturated heterocycles. The van der Waals surface area contributed by atoms with E-state index in [1.165, 1.54) is 25.7 Å². The Morgan fingerprint density at radius 3 is 2.83 bits per heavy atom. The predicted octanol–water partition coefficient (Wildman–Crippen LogP) is 2.24. The van der Waals surface area contributed by atoms with Crippen LogP contribution in [-0.4, -0.2) is 46.6 Å². The van der Waals surface area contributed by atoms with Gasteiger partial charge in [0, 0.05) is 25.6 Å². The quantitative estimate of drug-likeness (QED) is 0.248. The van der Waals surface area contributed by atoms with Crippen molar-refractivity contribution in [2.45, 2.75) is 56.6 Å². The third-order valence-electron chi connectivity index (χ3n) is 4.14. The Kier molecular flexibility index (Phi) is 7.96. The predicted molar refractivity (Wildman–Crippen MR) is 100 cm³/mol. The summed E-state index contributed by atoms with van der Waals surface area (Å²) in [5.74, 6) is 4.44. The van der Waals surface area contributed by atoms with E-state index >= 15 is 0 Å². The Bertz CT molecular complexity index is 568. The lowest BCUT2D eigenvalue weighted by Gasteiger charge is -2.16. The van der Waals surface area contributed by atoms with Gasteiger partial charge in [0.2, 0.25) is 0 Å². The highest BCUT2D eigenvalue weighted by Crippen LogP contribution is 2.33. The first-order chi connectivity index (χ1) is 11.8. The van der Waals surface area contributed by atoms with Crippen molar-refractivity contribution in [1.82, 2.24) is 25.4 Å². The zero-order valence-corrected chi connectivity index (χ0v) is 15.5. The maximum absolute atomic E-state index is 5.28. The van der Waals surface area contributed by atoms with Gasteiger partial charge >= 0.3 is 0 Å². The number of guanidine groups is 1. The third kappa shape index (κ3) is 5.17. The largest absolute Gasteiger partial charge is 0.357 e. The van der Waals surface area contributed by atoms with Crippen LogP contribution in [0.3, 0.4) is 0 Å². The summed E-state index contributed by atoms with van der Waals surface area (Å²) in [4.78, 5) is 4.56. The Balaban J connectivity index is 1.92. The van der Waals surface area contributed by atoms with E-state index < -0.39 is 0 Å². The molecule has 0 radical (unpaired) electrons. The van der Waals surface area contributed by atoms with E-state index in [-0.39, 0.29) is 0 Å². The van der Waals surface area contributed by atoms with Gasteiger partial charge in [0.25, 0.3) is 0 Å². The van der Waals surface area contributed by atoms with E-state index in [1.54, 1.807) is 11.8 Å². The first-order valence-electron chi connectivity index (χ1n) is 8.73. The van der Waals surface area contributed by atoms with Gasteiger partial charge in [-0.1, -0.05) is 30.5 Å². The number of nitrogens with one attached hydrogen (secondary N) is 2. The van der Waals surface area contributed by atoms with Crippen LogP contribution in [0.1, 0.15) is 50.9 Å². The Morgan fingerprint density at radius 1 is 1.38 bits per heavy atom. The normalized spacial score (nSPS) is 15.5. The topological polar surface area (TPSA) is 67.1 Å². The maximum Gasteiger partial charge on any atom is 0.192 e. The number of thioether (sulfide) groups is 1. The third-order valence-corrected chi connectivity index (χ3v) is 4.78. The average Bonchev–Trinajstić information content (AvgIpc) is 3.24. The van der Waals surface area contributed by atoms with Crippen LogP contribution in [0.5, 0.6) is 0 Å². The number of nitrogens with zero attached hydrogens (tertiary/aromatic N) is 4. The minimum Gasteiger partial charge on any atom is -0.357 e. The van der Waals surface area contributed by atoms with Crippen molar-refractivity contribution < 1.29 is 0 Å². The van der Waals surface area contributed by atoms with Crippen molar-refractivity contribution in [2.75, 3.05) is 25.9 Å². The molecule has 132 valence electrons. The molecule has 1 saturated carbocycles. The highest BCUT2D eigenvalue weighted by atomic mass is 32.2. The molecule has 1 fully saturated rings. The molecular formula is C17H28N6S. The van der Waals surface area contributed by atoms with E-state index in [1.807, 2.05) is 6.92 Å². The van der Waals surface area contributed by atoms with Gasteiger partial charge in [0.05, 0.1) is 6.54 Å². The number of hydrogen-bond donors (Lipinski definition) is 2. The molecule has 24 heavy (non-hydrogen) atoms. The monoisotopic (exact) mass is 348 g/mol. The number of aryl methyl sites for hydroxylation is 1. The minimum atomic E-state index is 0.485. The molecular weight excluding hydrogens is 320 g/mol. The molecule has 1 aromatic rings. The van der Waals surface area contributed by atoms with Gasteiger partial charge in [-0.05, 0) is 32.4 Å². The van der Waals surface area contributed by atoms with Crippen LogP contribution in [0.4, 0.5) is 0 Å². The zero-order valence-electron chi connectivity index (χ0n) is 14.7. The lowest BCUT2D eigenvalue weighted by Crippen LogP contribution is -2.37. The number of terminal acetylenes is 1. The fourth-order valence-electron chi connectivity index (χ4n) is 3.05. The number of aliphatic imine (C=N–C) groups is 1. The molecule has 1 heterocycles. The van der Waals surface area contributed by atoms with Crippen molar-refractivity contribution in [3.8, 4) is 12.3 Å². The molecule has 0 unspecified atom stereocenters. The molecule has 2 rings (SSSR count). The maximum atomic E-state index is 5.28. The van der Waals surface area contributed by atoms with E-state index in [0.29, 0.717) is 12.6 Å². The van der Waals surface area contributed by atoms with Gasteiger partial charge in [-0.2, -0.15) is 0 Å². The van der Waals surface area contributed by atoms with Crippen molar-refractivity contribution in [3.05, 3.63) is 5.82 Å². The molecule has 0 amide bonds. The van der Waals surface area contributed by atoms with Crippen LogP contribution >= 0.6 is 11.8 Å². The first kappa shape index (κ1) is 18.7. The molecule has 0 aromatic carbocycles. The van der Waals surface area contributed by atoms with Crippen molar-refractivity contribution in [3.63, 3.8) is 0 Å². The van der Waals surface area contributed by atoms with E-state index in [2.05, 4.69) is 42.6 Å². The van der Waals surface area contributed by atoms with Gasteiger partial charge < -0.3 is 15.2 Å². The Labute approximate surface area is 149 Å². The summed E-state index contributed by atoms with van der Waals surface area (Å²) < 4.78 is 2.36. The lowest BCUT2D eigenvalue weighted by atomic mass is 10.2. The Hall–Kier alpha value is -1.68. The van der Waals surface area contributed by atoms with Crippen LogP contribution in [0.2, 0.25) is 0 Å². The van der Waals surface area contributed by atoms with Crippen LogP contribution < -0.4 is 10.6 Å². The second-order valence-electron chi connectivity index (χ2n) is 5.83. The first-order valence-corrected chi connectivity index (χ1v) is 9.96. The standard InChI is InChI=1S/C17H28N6S/c1-4-12-19-16(18-5-2)20-13-8-11-15-21-22-17(24-3)23(15)14-9-6-7-10-14/h1,14H,5-13H2,2-3H3,(H2,18,19,20). The number of rotatable bonds is 8. The Morgan fingerprint density at radius 2 is 2.17 bits per heavy atom. The average molecular weight is 349 g/mol. The summed E-state index contributed by atoms with van der Waals surface area (Å²) in [6, 6.07) is 0.579. The zero-order chi connectivity index (χ0) is 17.2. The molecule has 0 atom stereocenters. The van der Waals surface area contributed by atoms with Crippen LogP contribution in [0, 0.1) is 12.3 Å². The molecule has 0 spiro atoms. The summed E-state index contributed by atoms with van der Waals surface area (Å²) in [7, 11) is 0. The minimum absolute atomic E-state index is 0.485. The molecule has 0 bridgehead atoms. The summed E-state index contributed by atoms with van der Waals surface area (Å²) in [6.07, 6.45) is 14.3. The van der Waals surface area contributed by atoms with E-state index in [4.69, 9.17) is 6.42 Å². The molecule has 1 aliphatic rings. The van der Waals surface area contributed by atoms with Crippen molar-refractivity contribution in [1.29, 1.82) is 0 Å². The summed E-state index contributed by atoms with van der Waals surface area (Å²) in [6.45, 7) is 4.09. The van der Waals surface area contributed by atoms with Gasteiger partial charge in [0.15, 0.2) is 11.1 Å². The molecule has 1 aromatic heterocycles.